The maximum atomic E-state index is 11.4. The molecule has 0 atom stereocenters. The zero-order chi connectivity index (χ0) is 13.7. The number of nitrogens with zero attached hydrogens (tertiary/aromatic N) is 1. The summed E-state index contributed by atoms with van der Waals surface area (Å²) in [5.74, 6) is -1.01. The molecule has 0 unspecified atom stereocenters. The minimum atomic E-state index is -3.91. The first-order chi connectivity index (χ1) is 7.58. The molecule has 17 heavy (non-hydrogen) atoms. The van der Waals surface area contributed by atoms with Crippen molar-refractivity contribution in [1.82, 2.24) is 9.79 Å². The van der Waals surface area contributed by atoms with Crippen LogP contribution in [0.3, 0.4) is 0 Å². The predicted octanol–water partition coefficient (Wildman–Crippen LogP) is -1.56. The van der Waals surface area contributed by atoms with Crippen LogP contribution in [0, 0.1) is 0 Å². The van der Waals surface area contributed by atoms with Gasteiger partial charge in [0, 0.05) is 13.6 Å². The molecular weight excluding hydrogens is 272 g/mol. The molecule has 0 rings (SSSR count). The second kappa shape index (κ2) is 6.10. The normalized spacial score (nSPS) is 12.4. The van der Waals surface area contributed by atoms with E-state index in [0.717, 1.165) is 19.4 Å². The Morgan fingerprint density at radius 3 is 2.35 bits per heavy atom. The lowest BCUT2D eigenvalue weighted by Crippen LogP contribution is -2.36. The van der Waals surface area contributed by atoms with E-state index in [1.807, 2.05) is 0 Å². The van der Waals surface area contributed by atoms with Gasteiger partial charge in [-0.3, -0.25) is 4.79 Å². The monoisotopic (exact) mass is 286 g/mol. The number of carbonyl (C=O) groups is 1. The first-order valence-electron chi connectivity index (χ1n) is 4.35. The highest BCUT2D eigenvalue weighted by Gasteiger charge is 2.22. The number of hydrogen-bond donors (Lipinski definition) is 1. The molecule has 1 N–H and O–H groups in total. The molecular formula is C7H14N2O6S2. The molecule has 0 saturated carbocycles. The average Bonchev–Trinajstić information content (AvgIpc) is 2.14. The number of nitrogens with one attached hydrogen (secondary N) is 1. The molecule has 0 bridgehead atoms. The van der Waals surface area contributed by atoms with E-state index in [-0.39, 0.29) is 11.0 Å². The van der Waals surface area contributed by atoms with Crippen molar-refractivity contribution in [2.75, 3.05) is 25.6 Å². The van der Waals surface area contributed by atoms with Crippen molar-refractivity contribution in [3.05, 3.63) is 12.7 Å². The van der Waals surface area contributed by atoms with E-state index in [2.05, 4.69) is 16.2 Å². The molecule has 0 fully saturated rings. The summed E-state index contributed by atoms with van der Waals surface area (Å²) in [6, 6.07) is 0. The fourth-order valence-corrected chi connectivity index (χ4v) is 2.44. The van der Waals surface area contributed by atoms with Crippen LogP contribution in [-0.2, 0) is 29.2 Å². The molecule has 0 radical (unpaired) electrons. The first-order valence-corrected chi connectivity index (χ1v) is 7.77. The van der Waals surface area contributed by atoms with Gasteiger partial charge in [-0.25, -0.2) is 8.42 Å². The summed E-state index contributed by atoms with van der Waals surface area (Å²) in [5.41, 5.74) is 0. The van der Waals surface area contributed by atoms with Crippen molar-refractivity contribution >= 4 is 26.0 Å². The number of rotatable bonds is 7. The van der Waals surface area contributed by atoms with Gasteiger partial charge < -0.3 is 5.32 Å². The van der Waals surface area contributed by atoms with Gasteiger partial charge in [-0.15, -0.1) is 0 Å². The molecule has 8 nitrogen and oxygen atoms in total. The maximum Gasteiger partial charge on any atom is 0.281 e. The van der Waals surface area contributed by atoms with Gasteiger partial charge in [-0.05, 0) is 6.08 Å². The highest BCUT2D eigenvalue weighted by atomic mass is 32.2. The van der Waals surface area contributed by atoms with Crippen LogP contribution in [0.1, 0.15) is 0 Å². The van der Waals surface area contributed by atoms with Gasteiger partial charge in [-0.1, -0.05) is 11.0 Å². The van der Waals surface area contributed by atoms with Crippen LogP contribution >= 0.6 is 0 Å². The predicted molar refractivity (Wildman–Crippen MR) is 60.7 cm³/mol. The van der Waals surface area contributed by atoms with Crippen LogP contribution in [0.25, 0.3) is 0 Å². The number of hydrogen-bond acceptors (Lipinski definition) is 6. The molecule has 0 aliphatic heterocycles. The number of sulfonamides is 1. The minimum Gasteiger partial charge on any atom is -0.351 e. The molecule has 0 aromatic carbocycles. The summed E-state index contributed by atoms with van der Waals surface area (Å²) >= 11 is 0. The first kappa shape index (κ1) is 16.0. The van der Waals surface area contributed by atoms with E-state index >= 15 is 0 Å². The third kappa shape index (κ3) is 7.05. The van der Waals surface area contributed by atoms with E-state index < -0.39 is 31.8 Å². The Kier molecular flexibility index (Phi) is 5.75. The third-order valence-electron chi connectivity index (χ3n) is 1.48. The second-order valence-corrected chi connectivity index (χ2v) is 6.64. The number of amides is 1. The largest absolute Gasteiger partial charge is 0.351 e. The van der Waals surface area contributed by atoms with Crippen molar-refractivity contribution in [2.45, 2.75) is 0 Å². The van der Waals surface area contributed by atoms with Crippen LogP contribution in [-0.4, -0.2) is 52.8 Å². The Morgan fingerprint density at radius 2 is 1.94 bits per heavy atom. The Hall–Kier alpha value is -0.970. The third-order valence-corrected chi connectivity index (χ3v) is 3.64. The Morgan fingerprint density at radius 1 is 1.41 bits per heavy atom. The minimum absolute atomic E-state index is 0.176. The highest BCUT2D eigenvalue weighted by molar-refractivity contribution is 7.90. The summed E-state index contributed by atoms with van der Waals surface area (Å²) in [6.45, 7) is 3.01. The van der Waals surface area contributed by atoms with Gasteiger partial charge in [0.25, 0.3) is 10.1 Å². The van der Waals surface area contributed by atoms with E-state index in [1.54, 1.807) is 0 Å². The van der Waals surface area contributed by atoms with Crippen LogP contribution in [0.15, 0.2) is 12.7 Å². The van der Waals surface area contributed by atoms with E-state index in [1.165, 1.54) is 0 Å². The lowest BCUT2D eigenvalue weighted by atomic mass is 10.6. The van der Waals surface area contributed by atoms with Crippen LogP contribution in [0.2, 0.25) is 0 Å². The Bertz CT molecular complexity index is 480. The summed E-state index contributed by atoms with van der Waals surface area (Å²) in [4.78, 5) is 10.7. The highest BCUT2D eigenvalue weighted by Crippen LogP contribution is 2.01. The summed E-state index contributed by atoms with van der Waals surface area (Å²) in [6.07, 6.45) is 1.71. The number of hydroxylamine groups is 1. The van der Waals surface area contributed by atoms with Crippen LogP contribution in [0.5, 0.6) is 0 Å². The zero-order valence-electron chi connectivity index (χ0n) is 9.41. The smallest absolute Gasteiger partial charge is 0.281 e. The average molecular weight is 286 g/mol. The molecule has 100 valence electrons. The SMILES string of the molecule is C=CC(=O)NCCS(=O)(=O)N(C)OS(C)(=O)=O. The van der Waals surface area contributed by atoms with Crippen molar-refractivity contribution in [3.8, 4) is 0 Å². The molecule has 0 aliphatic carbocycles. The van der Waals surface area contributed by atoms with Crippen LogP contribution < -0.4 is 5.32 Å². The van der Waals surface area contributed by atoms with Crippen LogP contribution in [0.4, 0.5) is 0 Å². The standard InChI is InChI=1S/C7H14N2O6S2/c1-4-7(10)8-5-6-17(13,14)9(2)15-16(3,11)12/h4H,1,5-6H2,2-3H3,(H,8,10). The van der Waals surface area contributed by atoms with Crippen molar-refractivity contribution in [2.24, 2.45) is 0 Å². The molecule has 0 heterocycles. The molecule has 0 saturated heterocycles. The van der Waals surface area contributed by atoms with E-state index in [9.17, 15) is 21.6 Å². The number of carbonyl (C=O) groups excluding carboxylic acids is 1. The van der Waals surface area contributed by atoms with E-state index in [0.29, 0.717) is 0 Å². The van der Waals surface area contributed by atoms with Gasteiger partial charge in [0.2, 0.25) is 15.9 Å². The Labute approximate surface area is 100 Å². The lowest BCUT2D eigenvalue weighted by Gasteiger charge is -2.14. The quantitative estimate of drug-likeness (QED) is 0.448. The summed E-state index contributed by atoms with van der Waals surface area (Å²) in [5, 5.41) is 2.24. The van der Waals surface area contributed by atoms with Crippen molar-refractivity contribution < 1.29 is 25.9 Å². The molecule has 10 heteroatoms. The zero-order valence-corrected chi connectivity index (χ0v) is 11.0. The van der Waals surface area contributed by atoms with Gasteiger partial charge in [0.05, 0.1) is 12.0 Å². The molecule has 0 aromatic rings. The summed E-state index contributed by atoms with van der Waals surface area (Å²) < 4.78 is 48.7. The molecule has 1 amide bonds. The van der Waals surface area contributed by atoms with Gasteiger partial charge in [0.15, 0.2) is 0 Å². The van der Waals surface area contributed by atoms with Gasteiger partial charge in [-0.2, -0.15) is 12.7 Å². The van der Waals surface area contributed by atoms with E-state index in [4.69, 9.17) is 0 Å². The molecule has 0 aliphatic rings. The van der Waals surface area contributed by atoms with Gasteiger partial charge >= 0.3 is 0 Å². The van der Waals surface area contributed by atoms with Crippen molar-refractivity contribution in [3.63, 3.8) is 0 Å². The molecule has 0 aromatic heterocycles. The second-order valence-electron chi connectivity index (χ2n) is 3.00. The topological polar surface area (TPSA) is 110 Å². The van der Waals surface area contributed by atoms with Crippen molar-refractivity contribution in [1.29, 1.82) is 0 Å². The summed E-state index contributed by atoms with van der Waals surface area (Å²) in [7, 11) is -6.87. The molecule has 0 spiro atoms. The Balaban J connectivity index is 4.39. The lowest BCUT2D eigenvalue weighted by molar-refractivity contribution is -0.116. The fraction of sp³-hybridized carbons (Fsp3) is 0.571. The fourth-order valence-electron chi connectivity index (χ4n) is 0.741. The van der Waals surface area contributed by atoms with Gasteiger partial charge in [0.1, 0.15) is 0 Å². The maximum absolute atomic E-state index is 11.4.